The van der Waals surface area contributed by atoms with Crippen molar-refractivity contribution in [1.82, 2.24) is 4.98 Å². The van der Waals surface area contributed by atoms with E-state index in [1.54, 1.807) is 0 Å². The molecule has 0 bridgehead atoms. The van der Waals surface area contributed by atoms with Crippen molar-refractivity contribution in [2.24, 2.45) is 5.73 Å². The summed E-state index contributed by atoms with van der Waals surface area (Å²) in [7, 11) is 0. The van der Waals surface area contributed by atoms with Gasteiger partial charge >= 0.3 is 0 Å². The Morgan fingerprint density at radius 3 is 2.79 bits per heavy atom. The lowest BCUT2D eigenvalue weighted by Gasteiger charge is -2.30. The van der Waals surface area contributed by atoms with Crippen LogP contribution in [0, 0.1) is 0 Å². The van der Waals surface area contributed by atoms with Crippen LogP contribution in [0.1, 0.15) is 24.8 Å². The topological polar surface area (TPSA) is 42.1 Å². The molecule has 14 heavy (non-hydrogen) atoms. The van der Waals surface area contributed by atoms with Crippen molar-refractivity contribution in [2.75, 3.05) is 18.0 Å². The summed E-state index contributed by atoms with van der Waals surface area (Å²) in [4.78, 5) is 6.53. The fourth-order valence-corrected chi connectivity index (χ4v) is 2.02. The molecule has 1 fully saturated rings. The van der Waals surface area contributed by atoms with E-state index in [-0.39, 0.29) is 0 Å². The van der Waals surface area contributed by atoms with Crippen molar-refractivity contribution in [2.45, 2.75) is 25.8 Å². The van der Waals surface area contributed by atoms with Crippen LogP contribution in [0.4, 0.5) is 5.69 Å². The van der Waals surface area contributed by atoms with Crippen LogP contribution in [0.5, 0.6) is 0 Å². The highest BCUT2D eigenvalue weighted by Gasteiger charge is 2.13. The monoisotopic (exact) mass is 191 g/mol. The number of nitrogens with two attached hydrogens (primary N) is 1. The van der Waals surface area contributed by atoms with Crippen LogP contribution < -0.4 is 10.6 Å². The zero-order valence-electron chi connectivity index (χ0n) is 8.45. The first-order valence-corrected chi connectivity index (χ1v) is 5.29. The smallest absolute Gasteiger partial charge is 0.0442 e. The van der Waals surface area contributed by atoms with Crippen molar-refractivity contribution in [3.8, 4) is 0 Å². The lowest BCUT2D eigenvalue weighted by molar-refractivity contribution is 0.576. The lowest BCUT2D eigenvalue weighted by atomic mass is 10.1. The third-order valence-corrected chi connectivity index (χ3v) is 2.79. The average Bonchev–Trinajstić information content (AvgIpc) is 2.30. The molecule has 2 heterocycles. The molecule has 1 aromatic heterocycles. The maximum Gasteiger partial charge on any atom is 0.0442 e. The highest BCUT2D eigenvalue weighted by atomic mass is 15.1. The van der Waals surface area contributed by atoms with Gasteiger partial charge in [-0.05, 0) is 25.3 Å². The number of nitrogens with zero attached hydrogens (tertiary/aromatic N) is 2. The minimum absolute atomic E-state index is 0.583. The standard InChI is InChI=1S/C11H17N3/c12-8-10-9-13-5-4-11(10)14-6-2-1-3-7-14/h4-5,9H,1-3,6-8,12H2. The van der Waals surface area contributed by atoms with Crippen LogP contribution in [-0.4, -0.2) is 18.1 Å². The predicted octanol–water partition coefficient (Wildman–Crippen LogP) is 1.53. The number of pyridine rings is 1. The Morgan fingerprint density at radius 2 is 2.07 bits per heavy atom. The second-order valence-corrected chi connectivity index (χ2v) is 3.76. The summed E-state index contributed by atoms with van der Waals surface area (Å²) < 4.78 is 0. The average molecular weight is 191 g/mol. The Bertz CT molecular complexity index is 292. The van der Waals surface area contributed by atoms with Crippen molar-refractivity contribution in [3.05, 3.63) is 24.0 Å². The Morgan fingerprint density at radius 1 is 1.29 bits per heavy atom. The molecule has 1 aliphatic heterocycles. The Kier molecular flexibility index (Phi) is 2.99. The van der Waals surface area contributed by atoms with Crippen LogP contribution in [0.15, 0.2) is 18.5 Å². The summed E-state index contributed by atoms with van der Waals surface area (Å²) >= 11 is 0. The van der Waals surface area contributed by atoms with Gasteiger partial charge in [0.05, 0.1) is 0 Å². The van der Waals surface area contributed by atoms with Crippen LogP contribution in [0.3, 0.4) is 0 Å². The van der Waals surface area contributed by atoms with Gasteiger partial charge in [-0.1, -0.05) is 0 Å². The minimum atomic E-state index is 0.583. The minimum Gasteiger partial charge on any atom is -0.371 e. The summed E-state index contributed by atoms with van der Waals surface area (Å²) in [5, 5.41) is 0. The molecule has 0 aromatic carbocycles. The molecular formula is C11H17N3. The molecule has 76 valence electrons. The predicted molar refractivity (Wildman–Crippen MR) is 58.2 cm³/mol. The molecule has 0 spiro atoms. The summed E-state index contributed by atoms with van der Waals surface area (Å²) in [5.74, 6) is 0. The number of piperidine rings is 1. The van der Waals surface area contributed by atoms with E-state index in [1.807, 2.05) is 12.4 Å². The summed E-state index contributed by atoms with van der Waals surface area (Å²) in [5.41, 5.74) is 8.13. The summed E-state index contributed by atoms with van der Waals surface area (Å²) in [6.45, 7) is 2.91. The van der Waals surface area contributed by atoms with E-state index in [9.17, 15) is 0 Å². The molecule has 3 heteroatoms. The first kappa shape index (κ1) is 9.46. The van der Waals surface area contributed by atoms with Gasteiger partial charge in [-0.2, -0.15) is 0 Å². The van der Waals surface area contributed by atoms with E-state index in [0.717, 1.165) is 18.7 Å². The van der Waals surface area contributed by atoms with E-state index in [4.69, 9.17) is 5.73 Å². The van der Waals surface area contributed by atoms with E-state index >= 15 is 0 Å². The Labute approximate surface area is 84.9 Å². The molecule has 0 saturated carbocycles. The SMILES string of the molecule is NCc1cnccc1N1CCCCC1. The maximum atomic E-state index is 5.69. The van der Waals surface area contributed by atoms with Gasteiger partial charge in [-0.25, -0.2) is 0 Å². The van der Waals surface area contributed by atoms with E-state index in [2.05, 4.69) is 16.0 Å². The third-order valence-electron chi connectivity index (χ3n) is 2.79. The summed E-state index contributed by atoms with van der Waals surface area (Å²) in [6.07, 6.45) is 7.69. The van der Waals surface area contributed by atoms with Crippen LogP contribution >= 0.6 is 0 Å². The molecule has 3 nitrogen and oxygen atoms in total. The van der Waals surface area contributed by atoms with Gasteiger partial charge in [0, 0.05) is 43.3 Å². The van der Waals surface area contributed by atoms with Crippen LogP contribution in [-0.2, 0) is 6.54 Å². The molecule has 0 unspecified atom stereocenters. The fraction of sp³-hybridized carbons (Fsp3) is 0.545. The van der Waals surface area contributed by atoms with E-state index in [0.29, 0.717) is 6.54 Å². The van der Waals surface area contributed by atoms with Gasteiger partial charge in [-0.15, -0.1) is 0 Å². The van der Waals surface area contributed by atoms with Crippen molar-refractivity contribution < 1.29 is 0 Å². The Hall–Kier alpha value is -1.09. The first-order chi connectivity index (χ1) is 6.92. The van der Waals surface area contributed by atoms with Gasteiger partial charge in [0.2, 0.25) is 0 Å². The van der Waals surface area contributed by atoms with Crippen molar-refractivity contribution >= 4 is 5.69 Å². The van der Waals surface area contributed by atoms with Crippen molar-refractivity contribution in [3.63, 3.8) is 0 Å². The summed E-state index contributed by atoms with van der Waals surface area (Å²) in [6, 6.07) is 2.08. The molecule has 2 N–H and O–H groups in total. The second-order valence-electron chi connectivity index (χ2n) is 3.76. The molecule has 1 aliphatic rings. The molecule has 0 aliphatic carbocycles. The lowest BCUT2D eigenvalue weighted by Crippen LogP contribution is -2.30. The number of rotatable bonds is 2. The molecule has 1 saturated heterocycles. The highest BCUT2D eigenvalue weighted by Crippen LogP contribution is 2.22. The van der Waals surface area contributed by atoms with Gasteiger partial charge in [0.15, 0.2) is 0 Å². The molecule has 2 rings (SSSR count). The maximum absolute atomic E-state index is 5.69. The van der Waals surface area contributed by atoms with Crippen LogP contribution in [0.2, 0.25) is 0 Å². The number of hydrogen-bond acceptors (Lipinski definition) is 3. The molecular weight excluding hydrogens is 174 g/mol. The highest BCUT2D eigenvalue weighted by molar-refractivity contribution is 5.52. The Balaban J connectivity index is 2.20. The van der Waals surface area contributed by atoms with E-state index in [1.165, 1.54) is 24.9 Å². The fourth-order valence-electron chi connectivity index (χ4n) is 2.02. The zero-order valence-corrected chi connectivity index (χ0v) is 8.45. The second kappa shape index (κ2) is 4.42. The first-order valence-electron chi connectivity index (χ1n) is 5.29. The molecule has 0 radical (unpaired) electrons. The van der Waals surface area contributed by atoms with Gasteiger partial charge in [0.1, 0.15) is 0 Å². The zero-order chi connectivity index (χ0) is 9.80. The molecule has 0 amide bonds. The van der Waals surface area contributed by atoms with Crippen LogP contribution in [0.25, 0.3) is 0 Å². The van der Waals surface area contributed by atoms with Gasteiger partial charge in [0.25, 0.3) is 0 Å². The molecule has 0 atom stereocenters. The van der Waals surface area contributed by atoms with Crippen molar-refractivity contribution in [1.29, 1.82) is 0 Å². The third kappa shape index (κ3) is 1.87. The van der Waals surface area contributed by atoms with E-state index < -0.39 is 0 Å². The largest absolute Gasteiger partial charge is 0.371 e. The number of hydrogen-bond donors (Lipinski definition) is 1. The normalized spacial score (nSPS) is 17.1. The van der Waals surface area contributed by atoms with Gasteiger partial charge in [-0.3, -0.25) is 4.98 Å². The molecule has 1 aromatic rings. The number of anilines is 1. The van der Waals surface area contributed by atoms with Gasteiger partial charge < -0.3 is 10.6 Å². The number of aromatic nitrogens is 1. The quantitative estimate of drug-likeness (QED) is 0.771.